The van der Waals surface area contributed by atoms with E-state index in [2.05, 4.69) is 46.3 Å². The fourth-order valence-electron chi connectivity index (χ4n) is 4.60. The molecule has 0 unspecified atom stereocenters. The topological polar surface area (TPSA) is 46.1 Å². The Hall–Kier alpha value is -3.01. The molecule has 1 fully saturated rings. The lowest BCUT2D eigenvalue weighted by Crippen LogP contribution is -2.34. The van der Waals surface area contributed by atoms with Gasteiger partial charge in [0, 0.05) is 48.7 Å². The van der Waals surface area contributed by atoms with E-state index >= 15 is 0 Å². The maximum absolute atomic E-state index is 11.0. The molecule has 3 heterocycles. The summed E-state index contributed by atoms with van der Waals surface area (Å²) in [6.45, 7) is 1.81. The van der Waals surface area contributed by atoms with Crippen LogP contribution in [0.5, 0.6) is 0 Å². The molecule has 0 spiro atoms. The number of fused-ring (bicyclic) bond motifs is 3. The molecule has 0 bridgehead atoms. The summed E-state index contributed by atoms with van der Waals surface area (Å²) in [6, 6.07) is 13.2. The third kappa shape index (κ3) is 3.55. The van der Waals surface area contributed by atoms with Crippen molar-refractivity contribution in [3.8, 4) is 22.3 Å². The van der Waals surface area contributed by atoms with Gasteiger partial charge >= 0.3 is 0 Å². The molecule has 5 rings (SSSR count). The fraction of sp³-hybridized carbons (Fsp3) is 0.320. The predicted octanol–water partition coefficient (Wildman–Crippen LogP) is 4.71. The van der Waals surface area contributed by atoms with Gasteiger partial charge in [0.25, 0.3) is 0 Å². The SMILES string of the molecule is O=CC1CCN(c2ccc(-c3ccc4c(c3)CCCc3ccncc3-4)cn2)CC1. The Balaban J connectivity index is 1.40. The Bertz CT molecular complexity index is 1020. The summed E-state index contributed by atoms with van der Waals surface area (Å²) in [5.74, 6) is 1.22. The van der Waals surface area contributed by atoms with Crippen LogP contribution in [0.1, 0.15) is 30.4 Å². The van der Waals surface area contributed by atoms with Crippen LogP contribution >= 0.6 is 0 Å². The van der Waals surface area contributed by atoms with E-state index in [0.29, 0.717) is 0 Å². The first-order chi connectivity index (χ1) is 14.3. The maximum atomic E-state index is 11.0. The summed E-state index contributed by atoms with van der Waals surface area (Å²) in [4.78, 5) is 22.3. The lowest BCUT2D eigenvalue weighted by atomic mass is 9.94. The highest BCUT2D eigenvalue weighted by atomic mass is 16.1. The average Bonchev–Trinajstić information content (AvgIpc) is 2.98. The van der Waals surface area contributed by atoms with Crippen LogP contribution in [0.2, 0.25) is 0 Å². The molecule has 1 saturated heterocycles. The number of anilines is 1. The highest BCUT2D eigenvalue weighted by molar-refractivity contribution is 5.76. The number of hydrogen-bond donors (Lipinski definition) is 0. The average molecular weight is 383 g/mol. The lowest BCUT2D eigenvalue weighted by molar-refractivity contribution is -0.111. The molecule has 0 N–H and O–H groups in total. The van der Waals surface area contributed by atoms with E-state index in [-0.39, 0.29) is 5.92 Å². The van der Waals surface area contributed by atoms with Gasteiger partial charge in [0.05, 0.1) is 0 Å². The van der Waals surface area contributed by atoms with Gasteiger partial charge in [-0.15, -0.1) is 0 Å². The van der Waals surface area contributed by atoms with Crippen molar-refractivity contribution >= 4 is 12.1 Å². The largest absolute Gasteiger partial charge is 0.357 e. The Morgan fingerprint density at radius 1 is 0.897 bits per heavy atom. The first kappa shape index (κ1) is 18.0. The first-order valence-electron chi connectivity index (χ1n) is 10.5. The normalized spacial score (nSPS) is 16.6. The Morgan fingerprint density at radius 2 is 1.72 bits per heavy atom. The van der Waals surface area contributed by atoms with E-state index < -0.39 is 0 Å². The third-order valence-electron chi connectivity index (χ3n) is 6.34. The zero-order valence-electron chi connectivity index (χ0n) is 16.6. The molecule has 0 saturated carbocycles. The number of aryl methyl sites for hydroxylation is 2. The van der Waals surface area contributed by atoms with Crippen LogP contribution in [0.15, 0.2) is 55.0 Å². The second-order valence-corrected chi connectivity index (χ2v) is 8.12. The minimum absolute atomic E-state index is 0.213. The first-order valence-corrected chi connectivity index (χ1v) is 10.5. The second kappa shape index (κ2) is 7.78. The van der Waals surface area contributed by atoms with Gasteiger partial charge < -0.3 is 9.69 Å². The number of aldehydes is 1. The number of carbonyl (C=O) groups is 1. The summed E-state index contributed by atoms with van der Waals surface area (Å²) >= 11 is 0. The Labute approximate surface area is 171 Å². The van der Waals surface area contributed by atoms with Crippen LogP contribution < -0.4 is 4.90 Å². The van der Waals surface area contributed by atoms with E-state index in [1.807, 2.05) is 18.6 Å². The molecule has 0 amide bonds. The van der Waals surface area contributed by atoms with Crippen molar-refractivity contribution in [3.63, 3.8) is 0 Å². The van der Waals surface area contributed by atoms with Crippen LogP contribution in [0, 0.1) is 5.92 Å². The number of hydrogen-bond acceptors (Lipinski definition) is 4. The number of nitrogens with zero attached hydrogens (tertiary/aromatic N) is 3. The van der Waals surface area contributed by atoms with Gasteiger partial charge in [-0.25, -0.2) is 4.98 Å². The summed E-state index contributed by atoms with van der Waals surface area (Å²) < 4.78 is 0. The maximum Gasteiger partial charge on any atom is 0.128 e. The lowest BCUT2D eigenvalue weighted by Gasteiger charge is -2.30. The van der Waals surface area contributed by atoms with Crippen LogP contribution in [-0.4, -0.2) is 29.3 Å². The number of aromatic nitrogens is 2. The van der Waals surface area contributed by atoms with Gasteiger partial charge in [0.2, 0.25) is 0 Å². The molecule has 2 aromatic heterocycles. The van der Waals surface area contributed by atoms with E-state index in [9.17, 15) is 4.79 Å². The van der Waals surface area contributed by atoms with Crippen molar-refractivity contribution in [2.45, 2.75) is 32.1 Å². The highest BCUT2D eigenvalue weighted by Crippen LogP contribution is 2.34. The molecule has 0 radical (unpaired) electrons. The van der Waals surface area contributed by atoms with Crippen molar-refractivity contribution < 1.29 is 4.79 Å². The molecule has 4 nitrogen and oxygen atoms in total. The van der Waals surface area contributed by atoms with Crippen molar-refractivity contribution in [1.82, 2.24) is 9.97 Å². The van der Waals surface area contributed by atoms with Crippen LogP contribution in [0.4, 0.5) is 5.82 Å². The minimum atomic E-state index is 0.213. The molecule has 4 heteroatoms. The number of benzene rings is 1. The van der Waals surface area contributed by atoms with Crippen molar-refractivity contribution in [1.29, 1.82) is 0 Å². The quantitative estimate of drug-likeness (QED) is 0.614. The van der Waals surface area contributed by atoms with Crippen LogP contribution in [-0.2, 0) is 17.6 Å². The van der Waals surface area contributed by atoms with E-state index in [4.69, 9.17) is 4.98 Å². The molecule has 1 aromatic carbocycles. The molecule has 29 heavy (non-hydrogen) atoms. The number of rotatable bonds is 3. The van der Waals surface area contributed by atoms with Gasteiger partial charge in [-0.3, -0.25) is 4.98 Å². The van der Waals surface area contributed by atoms with Crippen molar-refractivity contribution in [2.75, 3.05) is 18.0 Å². The van der Waals surface area contributed by atoms with Gasteiger partial charge in [-0.05, 0) is 72.6 Å². The minimum Gasteiger partial charge on any atom is -0.357 e. The standard InChI is InChI=1S/C25H25N3O/c29-17-18-9-12-28(13-10-18)25-7-5-22(15-27-25)20-4-6-23-21(14-20)3-1-2-19-8-11-26-16-24(19)23/h4-8,11,14-18H,1-3,9-10,12-13H2. The van der Waals surface area contributed by atoms with Gasteiger partial charge in [0.15, 0.2) is 0 Å². The van der Waals surface area contributed by atoms with Gasteiger partial charge in [-0.2, -0.15) is 0 Å². The Kier molecular flexibility index (Phi) is 4.84. The summed E-state index contributed by atoms with van der Waals surface area (Å²) in [6.07, 6.45) is 12.2. The van der Waals surface area contributed by atoms with E-state index in [1.165, 1.54) is 34.2 Å². The number of piperidine rings is 1. The number of pyridine rings is 2. The van der Waals surface area contributed by atoms with E-state index in [0.717, 1.165) is 56.4 Å². The van der Waals surface area contributed by atoms with Crippen molar-refractivity contribution in [3.05, 3.63) is 66.1 Å². The molecular weight excluding hydrogens is 358 g/mol. The smallest absolute Gasteiger partial charge is 0.128 e. The van der Waals surface area contributed by atoms with E-state index in [1.54, 1.807) is 0 Å². The zero-order chi connectivity index (χ0) is 19.6. The Morgan fingerprint density at radius 3 is 2.52 bits per heavy atom. The molecular formula is C25H25N3O. The predicted molar refractivity (Wildman–Crippen MR) is 116 cm³/mol. The molecule has 146 valence electrons. The molecule has 1 aliphatic carbocycles. The molecule has 0 atom stereocenters. The van der Waals surface area contributed by atoms with Crippen LogP contribution in [0.25, 0.3) is 22.3 Å². The molecule has 2 aliphatic rings. The second-order valence-electron chi connectivity index (χ2n) is 8.12. The summed E-state index contributed by atoms with van der Waals surface area (Å²) in [5.41, 5.74) is 7.76. The summed E-state index contributed by atoms with van der Waals surface area (Å²) in [7, 11) is 0. The van der Waals surface area contributed by atoms with Gasteiger partial charge in [-0.1, -0.05) is 18.2 Å². The van der Waals surface area contributed by atoms with Crippen molar-refractivity contribution in [2.24, 2.45) is 5.92 Å². The van der Waals surface area contributed by atoms with Crippen LogP contribution in [0.3, 0.4) is 0 Å². The monoisotopic (exact) mass is 383 g/mol. The fourth-order valence-corrected chi connectivity index (χ4v) is 4.60. The highest BCUT2D eigenvalue weighted by Gasteiger charge is 2.20. The molecule has 1 aliphatic heterocycles. The molecule has 3 aromatic rings. The zero-order valence-corrected chi connectivity index (χ0v) is 16.6. The van der Waals surface area contributed by atoms with Gasteiger partial charge in [0.1, 0.15) is 12.1 Å². The third-order valence-corrected chi connectivity index (χ3v) is 6.34. The summed E-state index contributed by atoms with van der Waals surface area (Å²) in [5, 5.41) is 0. The number of carbonyl (C=O) groups excluding carboxylic acids is 1.